The van der Waals surface area contributed by atoms with Gasteiger partial charge in [-0.15, -0.1) is 11.5 Å². The summed E-state index contributed by atoms with van der Waals surface area (Å²) in [6.45, 7) is 12.4. The van der Waals surface area contributed by atoms with Crippen LogP contribution in [0.25, 0.3) is 0 Å². The first-order valence-corrected chi connectivity index (χ1v) is 19.9. The molecule has 0 aliphatic carbocycles. The molecule has 0 saturated carbocycles. The maximum Gasteiger partial charge on any atom is 3.00 e. The third-order valence-electron chi connectivity index (χ3n) is 7.71. The molecule has 6 aromatic rings. The Kier molecular flexibility index (Phi) is 20.2. The summed E-state index contributed by atoms with van der Waals surface area (Å²) in [7, 11) is -7.52. The minimum absolute atomic E-state index is 0. The molecule has 6 rings (SSSR count). The molecular formula is C45H47F6FeN3O4P. The molecule has 1 heterocycles. The van der Waals surface area contributed by atoms with E-state index in [0.717, 1.165) is 45.7 Å². The van der Waals surface area contributed by atoms with Crippen molar-refractivity contribution in [2.45, 2.75) is 41.5 Å². The summed E-state index contributed by atoms with van der Waals surface area (Å²) in [5.41, 5.74) is 10.3. The Morgan fingerprint density at radius 3 is 0.967 bits per heavy atom. The maximum atomic E-state index is 10.5. The molecule has 0 spiro atoms. The molecule has 15 heteroatoms. The van der Waals surface area contributed by atoms with Crippen molar-refractivity contribution in [1.29, 1.82) is 0 Å². The number of halogens is 6. The molecule has 0 fully saturated rings. The molecule has 1 radical (unpaired) electrons. The van der Waals surface area contributed by atoms with Gasteiger partial charge in [0.1, 0.15) is 11.5 Å². The van der Waals surface area contributed by atoms with Gasteiger partial charge in [-0.05, 0) is 100 Å². The fraction of sp³-hybridized carbons (Fsp3) is 0.178. The Hall–Kier alpha value is -5.68. The molecule has 0 aliphatic heterocycles. The van der Waals surface area contributed by atoms with Crippen molar-refractivity contribution in [2.75, 3.05) is 14.2 Å². The van der Waals surface area contributed by atoms with Gasteiger partial charge in [0.05, 0.1) is 48.4 Å². The number of aryl methyl sites for hydroxylation is 4. The maximum absolute atomic E-state index is 10.7. The van der Waals surface area contributed by atoms with Crippen molar-refractivity contribution in [3.8, 4) is 23.0 Å². The standard InChI is InChI=1S/C25H27N3.2C7H8O2.C6H6.F6P.Fe/c1-16-10-7-11-17(2)24(16)26-20(5)22-14-9-15-23(28-22)21(6)27-25-18(3)12-8-13-19(25)4;2*1-9-7-4-2-6(8)3-5-7;1-2-4-6-5-3-1;1-7(2,3,4,5)6;/h7-15H,1-6H3;2*2-5,8H,1H3;1-6H;;/q;;;;-1;+3/p-2. The summed E-state index contributed by atoms with van der Waals surface area (Å²) >= 11 is 0. The molecule has 321 valence electrons. The van der Waals surface area contributed by atoms with E-state index >= 15 is 0 Å². The molecule has 0 saturated heterocycles. The van der Waals surface area contributed by atoms with Crippen LogP contribution in [0, 0.1) is 27.7 Å². The van der Waals surface area contributed by atoms with Crippen molar-refractivity contribution in [1.82, 2.24) is 4.98 Å². The van der Waals surface area contributed by atoms with Gasteiger partial charge in [0, 0.05) is 0 Å². The average molecular weight is 895 g/mol. The van der Waals surface area contributed by atoms with Gasteiger partial charge in [0.15, 0.2) is 0 Å². The number of benzene rings is 5. The van der Waals surface area contributed by atoms with Crippen LogP contribution in [0.1, 0.15) is 47.5 Å². The predicted octanol–water partition coefficient (Wildman–Crippen LogP) is 13.2. The number of nitrogens with zero attached hydrogens (tertiary/aromatic N) is 3. The van der Waals surface area contributed by atoms with Crippen LogP contribution < -0.4 is 19.7 Å². The molecule has 0 atom stereocenters. The molecule has 7 nitrogen and oxygen atoms in total. The van der Waals surface area contributed by atoms with Gasteiger partial charge in [-0.2, -0.15) is 0 Å². The first-order valence-electron chi connectivity index (χ1n) is 17.9. The van der Waals surface area contributed by atoms with E-state index in [1.807, 2.05) is 68.4 Å². The van der Waals surface area contributed by atoms with E-state index in [0.29, 0.717) is 0 Å². The summed E-state index contributed by atoms with van der Waals surface area (Å²) in [6.07, 6.45) is 0. The minimum Gasteiger partial charge on any atom is -0.0623 e. The normalized spacial score (nSPS) is 12.0. The van der Waals surface area contributed by atoms with Crippen molar-refractivity contribution in [2.24, 2.45) is 9.98 Å². The van der Waals surface area contributed by atoms with Crippen LogP contribution in [0.4, 0.5) is 36.6 Å². The molecular weight excluding hydrogens is 847 g/mol. The van der Waals surface area contributed by atoms with E-state index < -0.39 is 7.81 Å². The molecule has 0 bridgehead atoms. The first-order chi connectivity index (χ1) is 27.5. The fourth-order valence-corrected chi connectivity index (χ4v) is 4.79. The van der Waals surface area contributed by atoms with Crippen molar-refractivity contribution >= 4 is 30.6 Å². The van der Waals surface area contributed by atoms with E-state index in [2.05, 4.69) is 64.1 Å². The van der Waals surface area contributed by atoms with Crippen LogP contribution in [-0.2, 0) is 17.1 Å². The zero-order valence-electron chi connectivity index (χ0n) is 34.3. The largest absolute Gasteiger partial charge is 3.00 e. The number of hydrogen-bond acceptors (Lipinski definition) is 7. The van der Waals surface area contributed by atoms with Gasteiger partial charge < -0.3 is 19.7 Å². The zero-order valence-corrected chi connectivity index (χ0v) is 36.3. The first kappa shape index (κ1) is 52.3. The molecule has 60 heavy (non-hydrogen) atoms. The third kappa shape index (κ3) is 22.5. The number of ether oxygens (including phenoxy) is 2. The van der Waals surface area contributed by atoms with Crippen LogP contribution in [0.15, 0.2) is 150 Å². The summed E-state index contributed by atoms with van der Waals surface area (Å²) in [4.78, 5) is 14.5. The molecule has 1 aromatic heterocycles. The van der Waals surface area contributed by atoms with Crippen LogP contribution >= 0.6 is 7.81 Å². The Morgan fingerprint density at radius 2 is 0.717 bits per heavy atom. The minimum atomic E-state index is -10.7. The van der Waals surface area contributed by atoms with Gasteiger partial charge >= 0.3 is 50.1 Å². The van der Waals surface area contributed by atoms with Gasteiger partial charge in [-0.1, -0.05) is 103 Å². The number of para-hydroxylation sites is 2. The Balaban J connectivity index is 0.000000454. The molecule has 0 amide bonds. The molecule has 5 aromatic carbocycles. The Bertz CT molecular complexity index is 2070. The van der Waals surface area contributed by atoms with E-state index in [1.165, 1.54) is 46.5 Å². The SMILES string of the molecule is CC(=Nc1c(C)cccc1C)c1cccc(C(C)=Nc2c(C)cccc2C)n1.COc1ccc([O-])cc1.COc1ccc([O-])cc1.F[P-](F)(F)(F)(F)F.[Fe+3].c1ccccc1. The van der Waals surface area contributed by atoms with Crippen LogP contribution in [0.2, 0.25) is 0 Å². The number of pyridine rings is 1. The van der Waals surface area contributed by atoms with E-state index in [1.54, 1.807) is 38.5 Å². The smallest absolute Gasteiger partial charge is 0.0623 e. The monoisotopic (exact) mass is 894 g/mol. The Labute approximate surface area is 358 Å². The van der Waals surface area contributed by atoms with E-state index in [4.69, 9.17) is 24.4 Å². The summed E-state index contributed by atoms with van der Waals surface area (Å²) in [5.74, 6) is 1.45. The molecule has 0 unspecified atom stereocenters. The van der Waals surface area contributed by atoms with Crippen molar-refractivity contribution < 1.29 is 61.9 Å². The topological polar surface area (TPSA) is 102 Å². The number of hydrogen-bond donors (Lipinski definition) is 0. The second-order valence-electron chi connectivity index (χ2n) is 12.7. The van der Waals surface area contributed by atoms with Gasteiger partial charge in [-0.3, -0.25) is 9.98 Å². The summed E-state index contributed by atoms with van der Waals surface area (Å²) in [5, 5.41) is 21.0. The van der Waals surface area contributed by atoms with Crippen molar-refractivity contribution in [3.05, 3.63) is 173 Å². The fourth-order valence-electron chi connectivity index (χ4n) is 4.79. The third-order valence-corrected chi connectivity index (χ3v) is 7.71. The number of methoxy groups -OCH3 is 2. The summed E-state index contributed by atoms with van der Waals surface area (Å²) in [6, 6.07) is 42.9. The van der Waals surface area contributed by atoms with Crippen LogP contribution in [0.3, 0.4) is 0 Å². The second-order valence-corrected chi connectivity index (χ2v) is 14.7. The second kappa shape index (κ2) is 23.2. The molecule has 0 N–H and O–H groups in total. The zero-order chi connectivity index (χ0) is 44.3. The summed E-state index contributed by atoms with van der Waals surface area (Å²) < 4.78 is 68.9. The van der Waals surface area contributed by atoms with Gasteiger partial charge in [-0.25, -0.2) is 4.98 Å². The Morgan fingerprint density at radius 1 is 0.467 bits per heavy atom. The van der Waals surface area contributed by atoms with E-state index in [9.17, 15) is 35.4 Å². The average Bonchev–Trinajstić information content (AvgIpc) is 3.18. The van der Waals surface area contributed by atoms with E-state index in [-0.39, 0.29) is 28.6 Å². The van der Waals surface area contributed by atoms with Gasteiger partial charge in [0.25, 0.3) is 0 Å². The predicted molar refractivity (Wildman–Crippen MR) is 225 cm³/mol. The van der Waals surface area contributed by atoms with Gasteiger partial charge in [0.2, 0.25) is 0 Å². The quantitative estimate of drug-likeness (QED) is 0.0717. The number of aromatic nitrogens is 1. The van der Waals surface area contributed by atoms with Crippen LogP contribution in [-0.4, -0.2) is 30.6 Å². The van der Waals surface area contributed by atoms with Crippen molar-refractivity contribution in [3.63, 3.8) is 0 Å². The van der Waals surface area contributed by atoms with Crippen LogP contribution in [0.5, 0.6) is 23.0 Å². The number of aliphatic imine (C=N–C) groups is 2. The molecule has 0 aliphatic rings. The number of rotatable bonds is 6.